The summed E-state index contributed by atoms with van der Waals surface area (Å²) in [6.45, 7) is 0.910. The molecule has 2 N–H and O–H groups in total. The van der Waals surface area contributed by atoms with Crippen molar-refractivity contribution in [3.63, 3.8) is 0 Å². The number of hydrogen-bond donors (Lipinski definition) is 2. The third kappa shape index (κ3) is 4.57. The summed E-state index contributed by atoms with van der Waals surface area (Å²) in [4.78, 5) is 20.3. The lowest BCUT2D eigenvalue weighted by Crippen LogP contribution is -2.23. The average Bonchev–Trinajstić information content (AvgIpc) is 3.19. The molecule has 0 unspecified atom stereocenters. The number of carbonyl (C=O) groups is 1. The molecule has 0 spiro atoms. The Balaban J connectivity index is 1.51. The molecule has 0 saturated heterocycles. The van der Waals surface area contributed by atoms with Gasteiger partial charge in [-0.1, -0.05) is 12.1 Å². The van der Waals surface area contributed by atoms with Crippen LogP contribution in [-0.2, 0) is 13.1 Å². The molecule has 0 aliphatic rings. The van der Waals surface area contributed by atoms with Crippen LogP contribution < -0.4 is 15.4 Å². The van der Waals surface area contributed by atoms with Gasteiger partial charge in [-0.3, -0.25) is 4.79 Å². The van der Waals surface area contributed by atoms with Crippen molar-refractivity contribution in [2.45, 2.75) is 13.1 Å². The van der Waals surface area contributed by atoms with Crippen LogP contribution in [0.4, 0.5) is 5.82 Å². The number of amides is 1. The minimum Gasteiger partial charge on any atom is -0.497 e. The smallest absolute Gasteiger partial charge is 0.271 e. The van der Waals surface area contributed by atoms with Crippen molar-refractivity contribution in [2.75, 3.05) is 12.4 Å². The quantitative estimate of drug-likeness (QED) is 0.688. The van der Waals surface area contributed by atoms with E-state index in [4.69, 9.17) is 9.15 Å². The predicted octanol–water partition coefficient (Wildman–Crippen LogP) is 2.62. The first-order chi connectivity index (χ1) is 12.2. The van der Waals surface area contributed by atoms with Gasteiger partial charge in [0.25, 0.3) is 5.91 Å². The van der Waals surface area contributed by atoms with E-state index in [9.17, 15) is 4.79 Å². The summed E-state index contributed by atoms with van der Waals surface area (Å²) in [5.74, 6) is 1.79. The van der Waals surface area contributed by atoms with Crippen LogP contribution in [0.25, 0.3) is 0 Å². The second kappa shape index (κ2) is 7.96. The highest BCUT2D eigenvalue weighted by Gasteiger charge is 2.08. The fourth-order valence-electron chi connectivity index (χ4n) is 2.14. The van der Waals surface area contributed by atoms with Crippen molar-refractivity contribution in [1.82, 2.24) is 15.3 Å². The van der Waals surface area contributed by atoms with Crippen LogP contribution in [0.3, 0.4) is 0 Å². The number of hydrogen-bond acceptors (Lipinski definition) is 6. The van der Waals surface area contributed by atoms with Crippen LogP contribution in [0.15, 0.2) is 59.5 Å². The zero-order chi connectivity index (χ0) is 17.5. The molecule has 0 bridgehead atoms. The van der Waals surface area contributed by atoms with Crippen molar-refractivity contribution in [3.8, 4) is 5.75 Å². The number of nitrogens with zero attached hydrogens (tertiary/aromatic N) is 2. The van der Waals surface area contributed by atoms with Gasteiger partial charge in [-0.15, -0.1) is 0 Å². The molecule has 1 aromatic carbocycles. The van der Waals surface area contributed by atoms with Gasteiger partial charge in [-0.2, -0.15) is 0 Å². The van der Waals surface area contributed by atoms with E-state index in [1.165, 1.54) is 12.4 Å². The summed E-state index contributed by atoms with van der Waals surface area (Å²) in [6, 6.07) is 11.3. The molecule has 0 aliphatic heterocycles. The zero-order valence-electron chi connectivity index (χ0n) is 13.7. The van der Waals surface area contributed by atoms with Gasteiger partial charge in [-0.05, 0) is 29.8 Å². The molecule has 0 radical (unpaired) electrons. The first-order valence-electron chi connectivity index (χ1n) is 7.74. The van der Waals surface area contributed by atoms with Crippen molar-refractivity contribution in [1.29, 1.82) is 0 Å². The summed E-state index contributed by atoms with van der Waals surface area (Å²) < 4.78 is 10.3. The third-order valence-electron chi connectivity index (χ3n) is 3.52. The van der Waals surface area contributed by atoms with Gasteiger partial charge in [0.1, 0.15) is 23.0 Å². The van der Waals surface area contributed by atoms with Crippen molar-refractivity contribution in [3.05, 3.63) is 72.1 Å². The molecule has 3 rings (SSSR count). The average molecular weight is 338 g/mol. The van der Waals surface area contributed by atoms with Gasteiger partial charge in [0.15, 0.2) is 0 Å². The topological polar surface area (TPSA) is 89.3 Å². The highest BCUT2D eigenvalue weighted by molar-refractivity contribution is 5.91. The number of furan rings is 1. The number of anilines is 1. The summed E-state index contributed by atoms with van der Waals surface area (Å²) in [6.07, 6.45) is 4.53. The molecule has 0 saturated carbocycles. The van der Waals surface area contributed by atoms with E-state index < -0.39 is 0 Å². The Kier molecular flexibility index (Phi) is 5.26. The highest BCUT2D eigenvalue weighted by atomic mass is 16.5. The molecule has 2 heterocycles. The van der Waals surface area contributed by atoms with Crippen molar-refractivity contribution < 1.29 is 13.9 Å². The fraction of sp³-hybridized carbons (Fsp3) is 0.167. The molecule has 0 fully saturated rings. The molecule has 128 valence electrons. The molecule has 0 atom stereocenters. The number of ether oxygens (including phenoxy) is 1. The zero-order valence-corrected chi connectivity index (χ0v) is 13.7. The summed E-state index contributed by atoms with van der Waals surface area (Å²) >= 11 is 0. The summed E-state index contributed by atoms with van der Waals surface area (Å²) in [5, 5.41) is 5.88. The maximum Gasteiger partial charge on any atom is 0.271 e. The van der Waals surface area contributed by atoms with Gasteiger partial charge in [0, 0.05) is 6.54 Å². The Morgan fingerprint density at radius 2 is 1.96 bits per heavy atom. The van der Waals surface area contributed by atoms with E-state index in [1.807, 2.05) is 24.3 Å². The predicted molar refractivity (Wildman–Crippen MR) is 92.2 cm³/mol. The number of rotatable bonds is 7. The van der Waals surface area contributed by atoms with Gasteiger partial charge >= 0.3 is 0 Å². The molecule has 2 aromatic heterocycles. The van der Waals surface area contributed by atoms with Gasteiger partial charge in [-0.25, -0.2) is 9.97 Å². The molecule has 3 aromatic rings. The first-order valence-corrected chi connectivity index (χ1v) is 7.74. The van der Waals surface area contributed by atoms with Gasteiger partial charge in [0.05, 0.1) is 32.3 Å². The molecular formula is C18H18N4O3. The van der Waals surface area contributed by atoms with Crippen LogP contribution in [-0.4, -0.2) is 23.0 Å². The molecule has 25 heavy (non-hydrogen) atoms. The lowest BCUT2D eigenvalue weighted by atomic mass is 10.2. The Bertz CT molecular complexity index is 799. The third-order valence-corrected chi connectivity index (χ3v) is 3.52. The summed E-state index contributed by atoms with van der Waals surface area (Å²) in [7, 11) is 1.63. The number of methoxy groups -OCH3 is 1. The largest absolute Gasteiger partial charge is 0.497 e. The molecule has 7 nitrogen and oxygen atoms in total. The molecule has 7 heteroatoms. The number of carbonyl (C=O) groups excluding carboxylic acids is 1. The van der Waals surface area contributed by atoms with Gasteiger partial charge in [0.2, 0.25) is 0 Å². The number of benzene rings is 1. The second-order valence-corrected chi connectivity index (χ2v) is 5.25. The van der Waals surface area contributed by atoms with E-state index >= 15 is 0 Å². The van der Waals surface area contributed by atoms with Gasteiger partial charge < -0.3 is 19.8 Å². The van der Waals surface area contributed by atoms with Crippen molar-refractivity contribution >= 4 is 11.7 Å². The van der Waals surface area contributed by atoms with E-state index in [1.54, 1.807) is 25.5 Å². The normalized spacial score (nSPS) is 10.3. The Labute approximate surface area is 145 Å². The van der Waals surface area contributed by atoms with E-state index in [2.05, 4.69) is 20.6 Å². The van der Waals surface area contributed by atoms with Crippen LogP contribution in [0.5, 0.6) is 5.75 Å². The van der Waals surface area contributed by atoms with Crippen LogP contribution >= 0.6 is 0 Å². The molecule has 1 amide bonds. The van der Waals surface area contributed by atoms with E-state index in [0.29, 0.717) is 24.7 Å². The minimum atomic E-state index is -0.300. The van der Waals surface area contributed by atoms with Crippen LogP contribution in [0, 0.1) is 0 Å². The Morgan fingerprint density at radius 1 is 1.12 bits per heavy atom. The van der Waals surface area contributed by atoms with E-state index in [-0.39, 0.29) is 11.6 Å². The highest BCUT2D eigenvalue weighted by Crippen LogP contribution is 2.12. The molecule has 0 aliphatic carbocycles. The van der Waals surface area contributed by atoms with Crippen LogP contribution in [0.2, 0.25) is 0 Å². The summed E-state index contributed by atoms with van der Waals surface area (Å²) in [5.41, 5.74) is 1.34. The molecular weight excluding hydrogens is 320 g/mol. The lowest BCUT2D eigenvalue weighted by molar-refractivity contribution is 0.0942. The number of nitrogens with one attached hydrogen (secondary N) is 2. The monoisotopic (exact) mass is 338 g/mol. The standard InChI is InChI=1S/C18H18N4O3/c1-24-14-6-4-13(5-7-14)9-20-17-12-19-16(11-21-17)18(23)22-10-15-3-2-8-25-15/h2-8,11-12H,9-10H2,1H3,(H,20,21)(H,22,23). The second-order valence-electron chi connectivity index (χ2n) is 5.25. The maximum atomic E-state index is 12.0. The van der Waals surface area contributed by atoms with Crippen molar-refractivity contribution in [2.24, 2.45) is 0 Å². The number of aromatic nitrogens is 2. The Morgan fingerprint density at radius 3 is 2.60 bits per heavy atom. The lowest BCUT2D eigenvalue weighted by Gasteiger charge is -2.07. The maximum absolute atomic E-state index is 12.0. The first kappa shape index (κ1) is 16.5. The fourth-order valence-corrected chi connectivity index (χ4v) is 2.14. The van der Waals surface area contributed by atoms with Crippen LogP contribution in [0.1, 0.15) is 21.8 Å². The van der Waals surface area contributed by atoms with E-state index in [0.717, 1.165) is 11.3 Å². The minimum absolute atomic E-state index is 0.251. The SMILES string of the molecule is COc1ccc(CNc2cnc(C(=O)NCc3ccco3)cn2)cc1. The Hall–Kier alpha value is -3.35.